The minimum Gasteiger partial charge on any atom is -0.268 e. The fraction of sp³-hybridized carbons (Fsp3) is 0. The predicted octanol–water partition coefficient (Wildman–Crippen LogP) is 5.15. The number of nitrogens with zero attached hydrogens (tertiary/aromatic N) is 4. The summed E-state index contributed by atoms with van der Waals surface area (Å²) in [6, 6.07) is 15.8. The highest BCUT2D eigenvalue weighted by molar-refractivity contribution is 6.34. The molecule has 0 fully saturated rings. The third kappa shape index (κ3) is 3.77. The standard InChI is InChI=1S/C22H12Cl2N4O/c23-18-9-19(24)11-20(10-18)28-21-14(3-2-6-27-21)7-16(22(28)29)8-17(12-25)15-4-1-5-26-13-15/h1-11,13H/b17-8-. The summed E-state index contributed by atoms with van der Waals surface area (Å²) in [4.78, 5) is 21.8. The Bertz CT molecular complexity index is 1330. The molecule has 7 heteroatoms. The number of hydrogen-bond acceptors (Lipinski definition) is 4. The van der Waals surface area contributed by atoms with Crippen LogP contribution in [0.4, 0.5) is 0 Å². The average Bonchev–Trinajstić information content (AvgIpc) is 2.72. The Labute approximate surface area is 176 Å². The minimum absolute atomic E-state index is 0.328. The van der Waals surface area contributed by atoms with Gasteiger partial charge in [-0.2, -0.15) is 5.26 Å². The van der Waals surface area contributed by atoms with E-state index in [0.29, 0.717) is 38.1 Å². The zero-order valence-electron chi connectivity index (χ0n) is 14.9. The highest BCUT2D eigenvalue weighted by Gasteiger charge is 2.13. The van der Waals surface area contributed by atoms with Gasteiger partial charge in [-0.25, -0.2) is 4.98 Å². The Morgan fingerprint density at radius 3 is 2.52 bits per heavy atom. The Morgan fingerprint density at radius 1 is 1.07 bits per heavy atom. The molecule has 0 bridgehead atoms. The molecule has 4 rings (SSSR count). The van der Waals surface area contributed by atoms with Crippen molar-refractivity contribution < 1.29 is 0 Å². The number of hydrogen-bond donors (Lipinski definition) is 0. The van der Waals surface area contributed by atoms with E-state index in [2.05, 4.69) is 16.0 Å². The van der Waals surface area contributed by atoms with Gasteiger partial charge in [0.15, 0.2) is 0 Å². The second-order valence-electron chi connectivity index (χ2n) is 6.20. The van der Waals surface area contributed by atoms with Crippen LogP contribution in [0.2, 0.25) is 10.0 Å². The highest BCUT2D eigenvalue weighted by atomic mass is 35.5. The first-order chi connectivity index (χ1) is 14.1. The Morgan fingerprint density at radius 2 is 1.83 bits per heavy atom. The highest BCUT2D eigenvalue weighted by Crippen LogP contribution is 2.24. The third-order valence-corrected chi connectivity index (χ3v) is 4.72. The van der Waals surface area contributed by atoms with Crippen molar-refractivity contribution in [3.63, 3.8) is 0 Å². The van der Waals surface area contributed by atoms with Crippen LogP contribution in [-0.2, 0) is 0 Å². The lowest BCUT2D eigenvalue weighted by atomic mass is 10.1. The monoisotopic (exact) mass is 418 g/mol. The molecule has 0 saturated heterocycles. The molecule has 29 heavy (non-hydrogen) atoms. The van der Waals surface area contributed by atoms with E-state index in [9.17, 15) is 10.1 Å². The molecule has 0 unspecified atom stereocenters. The van der Waals surface area contributed by atoms with Gasteiger partial charge in [0, 0.05) is 45.1 Å². The summed E-state index contributed by atoms with van der Waals surface area (Å²) in [5.74, 6) is 0. The predicted molar refractivity (Wildman–Crippen MR) is 115 cm³/mol. The first-order valence-electron chi connectivity index (χ1n) is 8.56. The number of fused-ring (bicyclic) bond motifs is 1. The summed E-state index contributed by atoms with van der Waals surface area (Å²) in [5, 5.41) is 11.1. The molecule has 4 aromatic rings. The largest absolute Gasteiger partial charge is 0.268 e. The molecule has 0 aliphatic heterocycles. The van der Waals surface area contributed by atoms with Gasteiger partial charge in [0.25, 0.3) is 5.56 Å². The fourth-order valence-corrected chi connectivity index (χ4v) is 3.55. The first-order valence-corrected chi connectivity index (χ1v) is 9.32. The molecule has 1 aromatic carbocycles. The maximum absolute atomic E-state index is 13.4. The van der Waals surface area contributed by atoms with Crippen molar-refractivity contribution in [3.05, 3.63) is 98.6 Å². The number of benzene rings is 1. The van der Waals surface area contributed by atoms with Gasteiger partial charge in [0.2, 0.25) is 0 Å². The Kier molecular flexibility index (Phi) is 5.13. The molecule has 0 amide bonds. The average molecular weight is 419 g/mol. The van der Waals surface area contributed by atoms with Crippen molar-refractivity contribution in [1.29, 1.82) is 5.26 Å². The summed E-state index contributed by atoms with van der Waals surface area (Å²) in [6.45, 7) is 0. The molecule has 140 valence electrons. The molecule has 5 nitrogen and oxygen atoms in total. The van der Waals surface area contributed by atoms with Gasteiger partial charge in [-0.1, -0.05) is 29.3 Å². The summed E-state index contributed by atoms with van der Waals surface area (Å²) in [7, 11) is 0. The number of nitriles is 1. The second-order valence-corrected chi connectivity index (χ2v) is 7.07. The number of pyridine rings is 3. The van der Waals surface area contributed by atoms with Crippen molar-refractivity contribution in [1.82, 2.24) is 14.5 Å². The van der Waals surface area contributed by atoms with Crippen LogP contribution in [0.1, 0.15) is 11.1 Å². The van der Waals surface area contributed by atoms with Gasteiger partial charge in [-0.05, 0) is 48.5 Å². The van der Waals surface area contributed by atoms with Gasteiger partial charge in [-0.15, -0.1) is 0 Å². The molecule has 0 N–H and O–H groups in total. The van der Waals surface area contributed by atoms with Crippen LogP contribution in [0, 0.1) is 11.3 Å². The van der Waals surface area contributed by atoms with Crippen LogP contribution < -0.4 is 5.56 Å². The van der Waals surface area contributed by atoms with Gasteiger partial charge < -0.3 is 0 Å². The number of halogens is 2. The van der Waals surface area contributed by atoms with Crippen molar-refractivity contribution >= 4 is 45.9 Å². The van der Waals surface area contributed by atoms with E-state index < -0.39 is 0 Å². The van der Waals surface area contributed by atoms with Crippen LogP contribution in [0.5, 0.6) is 0 Å². The minimum atomic E-state index is -0.342. The van der Waals surface area contributed by atoms with Crippen LogP contribution >= 0.6 is 23.2 Å². The van der Waals surface area contributed by atoms with Crippen LogP contribution in [0.15, 0.2) is 71.9 Å². The van der Waals surface area contributed by atoms with Crippen molar-refractivity contribution in [2.45, 2.75) is 0 Å². The van der Waals surface area contributed by atoms with E-state index >= 15 is 0 Å². The zero-order chi connectivity index (χ0) is 20.4. The van der Waals surface area contributed by atoms with Crippen molar-refractivity contribution in [2.75, 3.05) is 0 Å². The van der Waals surface area contributed by atoms with Gasteiger partial charge >= 0.3 is 0 Å². The summed E-state index contributed by atoms with van der Waals surface area (Å²) >= 11 is 12.3. The van der Waals surface area contributed by atoms with Gasteiger partial charge in [0.1, 0.15) is 5.65 Å². The lowest BCUT2D eigenvalue weighted by molar-refractivity contribution is 1.01. The Hall–Kier alpha value is -3.46. The van der Waals surface area contributed by atoms with Gasteiger partial charge in [-0.3, -0.25) is 14.3 Å². The zero-order valence-corrected chi connectivity index (χ0v) is 16.4. The maximum Gasteiger partial charge on any atom is 0.264 e. The molecule has 3 aromatic heterocycles. The van der Waals surface area contributed by atoms with Crippen LogP contribution in [0.25, 0.3) is 28.4 Å². The molecular weight excluding hydrogens is 407 g/mol. The molecule has 0 aliphatic carbocycles. The fourth-order valence-electron chi connectivity index (χ4n) is 3.03. The second kappa shape index (κ2) is 7.88. The number of rotatable bonds is 3. The number of allylic oxidation sites excluding steroid dienone is 1. The lowest BCUT2D eigenvalue weighted by Gasteiger charge is -2.12. The van der Waals surface area contributed by atoms with E-state index in [1.54, 1.807) is 67.1 Å². The molecule has 0 aliphatic rings. The maximum atomic E-state index is 13.4. The smallest absolute Gasteiger partial charge is 0.264 e. The SMILES string of the molecule is N#C/C(=C/c1cc2cccnc2n(-c2cc(Cl)cc(Cl)c2)c1=O)c1cccnc1. The van der Waals surface area contributed by atoms with E-state index in [1.165, 1.54) is 4.57 Å². The molecule has 0 saturated carbocycles. The lowest BCUT2D eigenvalue weighted by Crippen LogP contribution is -2.21. The number of aromatic nitrogens is 3. The van der Waals surface area contributed by atoms with E-state index in [-0.39, 0.29) is 5.56 Å². The summed E-state index contributed by atoms with van der Waals surface area (Å²) in [5.41, 5.74) is 1.90. The van der Waals surface area contributed by atoms with Crippen LogP contribution in [-0.4, -0.2) is 14.5 Å². The van der Waals surface area contributed by atoms with Crippen molar-refractivity contribution in [3.8, 4) is 11.8 Å². The quantitative estimate of drug-likeness (QED) is 0.431. The molecule has 3 heterocycles. The van der Waals surface area contributed by atoms with Gasteiger partial charge in [0.05, 0.1) is 17.3 Å². The van der Waals surface area contributed by atoms with Crippen LogP contribution in [0.3, 0.4) is 0 Å². The van der Waals surface area contributed by atoms with E-state index in [1.807, 2.05) is 6.07 Å². The normalized spacial score (nSPS) is 11.4. The topological polar surface area (TPSA) is 71.6 Å². The van der Waals surface area contributed by atoms with Crippen molar-refractivity contribution in [2.24, 2.45) is 0 Å². The molecule has 0 atom stereocenters. The van der Waals surface area contributed by atoms with E-state index in [4.69, 9.17) is 23.2 Å². The Balaban J connectivity index is 2.03. The molecular formula is C22H12Cl2N4O. The summed E-state index contributed by atoms with van der Waals surface area (Å²) < 4.78 is 1.44. The summed E-state index contributed by atoms with van der Waals surface area (Å²) in [6.07, 6.45) is 6.35. The third-order valence-electron chi connectivity index (χ3n) is 4.29. The first kappa shape index (κ1) is 18.9. The molecule has 0 radical (unpaired) electrons. The van der Waals surface area contributed by atoms with E-state index in [0.717, 1.165) is 5.39 Å². The molecule has 0 spiro atoms.